The minimum atomic E-state index is 0.655. The van der Waals surface area contributed by atoms with E-state index < -0.39 is 0 Å². The molecule has 2 aromatic carbocycles. The van der Waals surface area contributed by atoms with Crippen LogP contribution in [0.5, 0.6) is 0 Å². The summed E-state index contributed by atoms with van der Waals surface area (Å²) in [5.74, 6) is 3.25. The fourth-order valence-electron chi connectivity index (χ4n) is 3.12. The molecule has 1 aliphatic carbocycles. The number of para-hydroxylation sites is 2. The number of aromatic nitrogens is 4. The van der Waals surface area contributed by atoms with E-state index in [0.717, 1.165) is 40.6 Å². The normalized spacial score (nSPS) is 14.3. The molecule has 4 aromatic rings. The van der Waals surface area contributed by atoms with Crippen molar-refractivity contribution in [2.45, 2.75) is 19.3 Å². The van der Waals surface area contributed by atoms with E-state index in [-0.39, 0.29) is 0 Å². The molecule has 1 N–H and O–H groups in total. The van der Waals surface area contributed by atoms with E-state index in [2.05, 4.69) is 38.1 Å². The quantitative estimate of drug-likeness (QED) is 0.619. The molecule has 1 aliphatic rings. The SMILES string of the molecule is c1ccc(Nc2nc3nnc(CC4CC4)n3c3ccccc23)cc1. The maximum absolute atomic E-state index is 4.73. The molecular formula is C19H17N5. The van der Waals surface area contributed by atoms with Crippen LogP contribution in [0.3, 0.4) is 0 Å². The maximum Gasteiger partial charge on any atom is 0.257 e. The van der Waals surface area contributed by atoms with Gasteiger partial charge in [0.2, 0.25) is 0 Å². The Morgan fingerprint density at radius 3 is 2.58 bits per heavy atom. The second-order valence-electron chi connectivity index (χ2n) is 6.37. The van der Waals surface area contributed by atoms with Crippen molar-refractivity contribution >= 4 is 28.2 Å². The van der Waals surface area contributed by atoms with Gasteiger partial charge >= 0.3 is 0 Å². The van der Waals surface area contributed by atoms with E-state index in [1.165, 1.54) is 12.8 Å². The standard InChI is InChI=1S/C19H17N5/c1-2-6-14(7-3-1)20-18-15-8-4-5-9-16(15)24-17(12-13-10-11-13)22-23-19(24)21-18/h1-9,13H,10-12H2,(H,20,21,23). The van der Waals surface area contributed by atoms with Crippen LogP contribution in [-0.2, 0) is 6.42 Å². The monoisotopic (exact) mass is 315 g/mol. The van der Waals surface area contributed by atoms with Gasteiger partial charge in [0.25, 0.3) is 5.78 Å². The molecule has 0 atom stereocenters. The van der Waals surface area contributed by atoms with Crippen LogP contribution in [0.2, 0.25) is 0 Å². The molecule has 5 rings (SSSR count). The smallest absolute Gasteiger partial charge is 0.257 e. The van der Waals surface area contributed by atoms with Crippen LogP contribution in [0.1, 0.15) is 18.7 Å². The largest absolute Gasteiger partial charge is 0.340 e. The molecule has 0 unspecified atom stereocenters. The molecular weight excluding hydrogens is 298 g/mol. The van der Waals surface area contributed by atoms with Gasteiger partial charge in [-0.2, -0.15) is 4.98 Å². The highest BCUT2D eigenvalue weighted by molar-refractivity contribution is 5.92. The van der Waals surface area contributed by atoms with Gasteiger partial charge in [0.15, 0.2) is 0 Å². The van der Waals surface area contributed by atoms with Crippen LogP contribution in [0.4, 0.5) is 11.5 Å². The van der Waals surface area contributed by atoms with Crippen molar-refractivity contribution in [3.63, 3.8) is 0 Å². The lowest BCUT2D eigenvalue weighted by atomic mass is 10.2. The van der Waals surface area contributed by atoms with Crippen molar-refractivity contribution in [3.8, 4) is 0 Å². The van der Waals surface area contributed by atoms with Gasteiger partial charge in [-0.15, -0.1) is 10.2 Å². The number of rotatable bonds is 4. The van der Waals surface area contributed by atoms with Gasteiger partial charge in [-0.3, -0.25) is 4.40 Å². The van der Waals surface area contributed by atoms with E-state index in [1.54, 1.807) is 0 Å². The number of fused-ring (bicyclic) bond motifs is 3. The van der Waals surface area contributed by atoms with E-state index in [0.29, 0.717) is 5.78 Å². The molecule has 0 bridgehead atoms. The summed E-state index contributed by atoms with van der Waals surface area (Å²) in [7, 11) is 0. The molecule has 1 fully saturated rings. The van der Waals surface area contributed by atoms with Gasteiger partial charge < -0.3 is 5.32 Å². The second kappa shape index (κ2) is 5.30. The predicted molar refractivity (Wildman–Crippen MR) is 94.4 cm³/mol. The Balaban J connectivity index is 1.69. The number of nitrogens with zero attached hydrogens (tertiary/aromatic N) is 4. The number of hydrogen-bond acceptors (Lipinski definition) is 4. The summed E-state index contributed by atoms with van der Waals surface area (Å²) in [5, 5.41) is 13.2. The van der Waals surface area contributed by atoms with Crippen molar-refractivity contribution in [2.24, 2.45) is 5.92 Å². The predicted octanol–water partition coefficient (Wildman–Crippen LogP) is 3.97. The average molecular weight is 315 g/mol. The molecule has 0 radical (unpaired) electrons. The molecule has 0 amide bonds. The topological polar surface area (TPSA) is 55.1 Å². The molecule has 5 heteroatoms. The highest BCUT2D eigenvalue weighted by atomic mass is 15.3. The van der Waals surface area contributed by atoms with E-state index in [9.17, 15) is 0 Å². The lowest BCUT2D eigenvalue weighted by molar-refractivity contribution is 0.763. The van der Waals surface area contributed by atoms with E-state index >= 15 is 0 Å². The van der Waals surface area contributed by atoms with E-state index in [1.807, 2.05) is 36.4 Å². The average Bonchev–Trinajstić information content (AvgIpc) is 3.35. The lowest BCUT2D eigenvalue weighted by Crippen LogP contribution is -2.02. The third-order valence-electron chi connectivity index (χ3n) is 4.53. The lowest BCUT2D eigenvalue weighted by Gasteiger charge is -2.11. The molecule has 0 spiro atoms. The van der Waals surface area contributed by atoms with Gasteiger partial charge in [-0.1, -0.05) is 30.3 Å². The van der Waals surface area contributed by atoms with Crippen LogP contribution in [0.15, 0.2) is 54.6 Å². The Bertz CT molecular complexity index is 1020. The Kier molecular flexibility index (Phi) is 2.98. The third kappa shape index (κ3) is 2.29. The summed E-state index contributed by atoms with van der Waals surface area (Å²) in [5.41, 5.74) is 2.11. The maximum atomic E-state index is 4.73. The first-order valence-electron chi connectivity index (χ1n) is 8.33. The molecule has 0 aliphatic heterocycles. The summed E-state index contributed by atoms with van der Waals surface area (Å²) >= 11 is 0. The van der Waals surface area contributed by atoms with Crippen LogP contribution in [-0.4, -0.2) is 19.6 Å². The van der Waals surface area contributed by atoms with Crippen LogP contribution < -0.4 is 5.32 Å². The van der Waals surface area contributed by atoms with Gasteiger partial charge in [0, 0.05) is 17.5 Å². The van der Waals surface area contributed by atoms with Crippen LogP contribution >= 0.6 is 0 Å². The minimum Gasteiger partial charge on any atom is -0.340 e. The third-order valence-corrected chi connectivity index (χ3v) is 4.53. The highest BCUT2D eigenvalue weighted by Crippen LogP contribution is 2.33. The molecule has 2 heterocycles. The molecule has 24 heavy (non-hydrogen) atoms. The fraction of sp³-hybridized carbons (Fsp3) is 0.211. The number of nitrogens with one attached hydrogen (secondary N) is 1. The van der Waals surface area contributed by atoms with Gasteiger partial charge in [0.1, 0.15) is 11.6 Å². The number of benzene rings is 2. The van der Waals surface area contributed by atoms with Gasteiger partial charge in [-0.25, -0.2) is 0 Å². The summed E-state index contributed by atoms with van der Waals surface area (Å²) in [6.07, 6.45) is 3.58. The zero-order chi connectivity index (χ0) is 15.9. The fourth-order valence-corrected chi connectivity index (χ4v) is 3.12. The first-order valence-corrected chi connectivity index (χ1v) is 8.33. The van der Waals surface area contributed by atoms with Crippen molar-refractivity contribution in [3.05, 3.63) is 60.4 Å². The Morgan fingerprint density at radius 2 is 1.75 bits per heavy atom. The van der Waals surface area contributed by atoms with Crippen molar-refractivity contribution < 1.29 is 0 Å². The van der Waals surface area contributed by atoms with E-state index in [4.69, 9.17) is 4.98 Å². The summed E-state index contributed by atoms with van der Waals surface area (Å²) in [6.45, 7) is 0. The molecule has 118 valence electrons. The Hall–Kier alpha value is -2.95. The zero-order valence-electron chi connectivity index (χ0n) is 13.2. The van der Waals surface area contributed by atoms with Crippen LogP contribution in [0.25, 0.3) is 16.7 Å². The molecule has 2 aromatic heterocycles. The van der Waals surface area contributed by atoms with Crippen LogP contribution in [0, 0.1) is 5.92 Å². The zero-order valence-corrected chi connectivity index (χ0v) is 13.2. The molecule has 5 nitrogen and oxygen atoms in total. The minimum absolute atomic E-state index is 0.655. The van der Waals surface area contributed by atoms with Gasteiger partial charge in [-0.05, 0) is 43.0 Å². The Labute approximate surface area is 139 Å². The molecule has 1 saturated carbocycles. The number of anilines is 2. The van der Waals surface area contributed by atoms with Crippen molar-refractivity contribution in [1.82, 2.24) is 19.6 Å². The summed E-state index contributed by atoms with van der Waals surface area (Å²) in [6, 6.07) is 18.4. The molecule has 0 saturated heterocycles. The second-order valence-corrected chi connectivity index (χ2v) is 6.37. The summed E-state index contributed by atoms with van der Waals surface area (Å²) in [4.78, 5) is 4.73. The van der Waals surface area contributed by atoms with Crippen molar-refractivity contribution in [2.75, 3.05) is 5.32 Å². The van der Waals surface area contributed by atoms with Crippen molar-refractivity contribution in [1.29, 1.82) is 0 Å². The first kappa shape index (κ1) is 13.5. The number of hydrogen-bond donors (Lipinski definition) is 1. The van der Waals surface area contributed by atoms with Gasteiger partial charge in [0.05, 0.1) is 5.52 Å². The Morgan fingerprint density at radius 1 is 0.958 bits per heavy atom. The first-order chi connectivity index (χ1) is 11.9. The highest BCUT2D eigenvalue weighted by Gasteiger charge is 2.25. The summed E-state index contributed by atoms with van der Waals surface area (Å²) < 4.78 is 2.10.